The molecule has 0 saturated carbocycles. The number of hydrogen-bond donors (Lipinski definition) is 4. The first-order chi connectivity index (χ1) is 14.6. The first kappa shape index (κ1) is 20.3. The van der Waals surface area contributed by atoms with Crippen molar-refractivity contribution in [3.63, 3.8) is 0 Å². The minimum atomic E-state index is -1.23. The molecule has 0 radical (unpaired) electrons. The van der Waals surface area contributed by atoms with E-state index in [9.17, 15) is 15.3 Å². The Balaban J connectivity index is 1.59. The summed E-state index contributed by atoms with van der Waals surface area (Å²) < 4.78 is 17.7. The van der Waals surface area contributed by atoms with Crippen LogP contribution in [0.3, 0.4) is 0 Å². The summed E-state index contributed by atoms with van der Waals surface area (Å²) in [6, 6.07) is 5.52. The van der Waals surface area contributed by atoms with Crippen LogP contribution in [0.25, 0.3) is 11.2 Å². The summed E-state index contributed by atoms with van der Waals surface area (Å²) in [4.78, 5) is 12.8. The number of rotatable bonds is 7. The van der Waals surface area contributed by atoms with Gasteiger partial charge in [-0.25, -0.2) is 15.0 Å². The highest BCUT2D eigenvalue weighted by molar-refractivity contribution is 5.82. The van der Waals surface area contributed by atoms with Gasteiger partial charge in [-0.2, -0.15) is 0 Å². The summed E-state index contributed by atoms with van der Waals surface area (Å²) in [6.45, 7) is 0.00678. The normalized spacial score (nSPS) is 23.6. The van der Waals surface area contributed by atoms with Gasteiger partial charge >= 0.3 is 0 Å². The molecule has 0 bridgehead atoms. The lowest BCUT2D eigenvalue weighted by Gasteiger charge is -2.16. The van der Waals surface area contributed by atoms with Crippen molar-refractivity contribution in [1.29, 1.82) is 0 Å². The van der Waals surface area contributed by atoms with Crippen LogP contribution in [-0.4, -0.2) is 74.0 Å². The van der Waals surface area contributed by atoms with Gasteiger partial charge < -0.3 is 34.8 Å². The molecule has 11 heteroatoms. The van der Waals surface area contributed by atoms with Crippen LogP contribution in [0.4, 0.5) is 5.82 Å². The number of imidazole rings is 1. The highest BCUT2D eigenvalue weighted by atomic mass is 16.6. The quantitative estimate of drug-likeness (QED) is 0.417. The monoisotopic (exact) mass is 417 g/mol. The van der Waals surface area contributed by atoms with Crippen LogP contribution < -0.4 is 14.8 Å². The number of aromatic nitrogens is 4. The maximum absolute atomic E-state index is 10.3. The first-order valence-electron chi connectivity index (χ1n) is 9.32. The zero-order valence-corrected chi connectivity index (χ0v) is 16.5. The average molecular weight is 417 g/mol. The number of aliphatic hydroxyl groups is 3. The zero-order chi connectivity index (χ0) is 21.3. The number of methoxy groups -OCH3 is 2. The third-order valence-corrected chi connectivity index (χ3v) is 5.09. The van der Waals surface area contributed by atoms with E-state index < -0.39 is 31.1 Å². The number of benzene rings is 1. The predicted molar refractivity (Wildman–Crippen MR) is 105 cm³/mol. The fourth-order valence-corrected chi connectivity index (χ4v) is 3.45. The van der Waals surface area contributed by atoms with E-state index in [4.69, 9.17) is 14.2 Å². The van der Waals surface area contributed by atoms with Crippen molar-refractivity contribution in [3.05, 3.63) is 36.4 Å². The van der Waals surface area contributed by atoms with E-state index >= 15 is 0 Å². The van der Waals surface area contributed by atoms with E-state index in [0.717, 1.165) is 5.56 Å². The van der Waals surface area contributed by atoms with Crippen molar-refractivity contribution in [1.82, 2.24) is 19.5 Å². The molecule has 1 fully saturated rings. The van der Waals surface area contributed by atoms with Gasteiger partial charge in [0.25, 0.3) is 0 Å². The van der Waals surface area contributed by atoms with Gasteiger partial charge in [0, 0.05) is 18.2 Å². The second-order valence-electron chi connectivity index (χ2n) is 6.81. The Bertz CT molecular complexity index is 1030. The van der Waals surface area contributed by atoms with Gasteiger partial charge in [-0.15, -0.1) is 0 Å². The van der Waals surface area contributed by atoms with Gasteiger partial charge in [0.1, 0.15) is 36.1 Å². The third kappa shape index (κ3) is 3.52. The summed E-state index contributed by atoms with van der Waals surface area (Å²) in [7, 11) is 3.18. The molecule has 1 aliphatic rings. The highest BCUT2D eigenvalue weighted by Gasteiger charge is 2.44. The van der Waals surface area contributed by atoms with Gasteiger partial charge in [-0.3, -0.25) is 4.57 Å². The molecule has 0 amide bonds. The largest absolute Gasteiger partial charge is 0.497 e. The van der Waals surface area contributed by atoms with Crippen molar-refractivity contribution in [3.8, 4) is 11.5 Å². The molecular weight excluding hydrogens is 394 g/mol. The molecule has 2 aromatic heterocycles. The molecule has 0 spiro atoms. The van der Waals surface area contributed by atoms with Crippen molar-refractivity contribution in [2.45, 2.75) is 31.1 Å². The molecule has 0 aliphatic carbocycles. The summed E-state index contributed by atoms with van der Waals surface area (Å²) in [6.07, 6.45) is -1.42. The number of aliphatic hydroxyl groups excluding tert-OH is 3. The van der Waals surface area contributed by atoms with Crippen molar-refractivity contribution < 1.29 is 29.5 Å². The van der Waals surface area contributed by atoms with Crippen molar-refractivity contribution in [2.24, 2.45) is 0 Å². The van der Waals surface area contributed by atoms with Crippen molar-refractivity contribution >= 4 is 17.0 Å². The number of fused-ring (bicyclic) bond motifs is 1. The SMILES string of the molecule is COc1ccc(CNc2ncnc3c2ncn3C2O[C@H](CO)[C@@H](O)[C@H]2O)c(OC)c1. The lowest BCUT2D eigenvalue weighted by molar-refractivity contribution is -0.0511. The van der Waals surface area contributed by atoms with Crippen LogP contribution in [0.1, 0.15) is 11.8 Å². The molecule has 11 nitrogen and oxygen atoms in total. The molecular formula is C19H23N5O6. The Kier molecular flexibility index (Phi) is 5.68. The topological polar surface area (TPSA) is 144 Å². The molecule has 4 rings (SSSR count). The fourth-order valence-electron chi connectivity index (χ4n) is 3.45. The highest BCUT2D eigenvalue weighted by Crippen LogP contribution is 2.32. The van der Waals surface area contributed by atoms with Gasteiger partial charge in [0.2, 0.25) is 0 Å². The molecule has 3 heterocycles. The van der Waals surface area contributed by atoms with Crippen LogP contribution in [0, 0.1) is 0 Å². The lowest BCUT2D eigenvalue weighted by Crippen LogP contribution is -2.33. The lowest BCUT2D eigenvalue weighted by atomic mass is 10.1. The minimum absolute atomic E-state index is 0.410. The standard InChI is InChI=1S/C19H23N5O6/c1-28-11-4-3-10(12(5-11)29-2)6-20-17-14-18(22-8-21-17)24(9-23-14)19-16(27)15(26)13(7-25)30-19/h3-5,8-9,13,15-16,19,25-27H,6-7H2,1-2H3,(H,20,21,22)/t13-,15-,16-,19?/m1/s1. The van der Waals surface area contributed by atoms with Crippen LogP contribution >= 0.6 is 0 Å². The van der Waals surface area contributed by atoms with Crippen LogP contribution in [0.2, 0.25) is 0 Å². The molecule has 1 unspecified atom stereocenters. The van der Waals surface area contributed by atoms with Crippen LogP contribution in [0.5, 0.6) is 11.5 Å². The van der Waals surface area contributed by atoms with Crippen LogP contribution in [0.15, 0.2) is 30.9 Å². The van der Waals surface area contributed by atoms with E-state index in [-0.39, 0.29) is 0 Å². The van der Waals surface area contributed by atoms with Crippen LogP contribution in [-0.2, 0) is 11.3 Å². The van der Waals surface area contributed by atoms with Gasteiger partial charge in [-0.1, -0.05) is 0 Å². The summed E-state index contributed by atoms with van der Waals surface area (Å²) in [5, 5.41) is 32.8. The molecule has 1 saturated heterocycles. The maximum atomic E-state index is 10.3. The van der Waals surface area contributed by atoms with E-state index in [1.807, 2.05) is 12.1 Å². The minimum Gasteiger partial charge on any atom is -0.497 e. The molecule has 3 aromatic rings. The summed E-state index contributed by atoms with van der Waals surface area (Å²) in [5.74, 6) is 1.85. The van der Waals surface area contributed by atoms with Gasteiger partial charge in [0.05, 0.1) is 27.2 Å². The van der Waals surface area contributed by atoms with E-state index in [0.29, 0.717) is 35.0 Å². The van der Waals surface area contributed by atoms with E-state index in [1.54, 1.807) is 20.3 Å². The third-order valence-electron chi connectivity index (χ3n) is 5.09. The Morgan fingerprint density at radius 3 is 2.67 bits per heavy atom. The summed E-state index contributed by atoms with van der Waals surface area (Å²) in [5.41, 5.74) is 1.79. The number of nitrogens with one attached hydrogen (secondary N) is 1. The van der Waals surface area contributed by atoms with E-state index in [2.05, 4.69) is 20.3 Å². The molecule has 1 aromatic carbocycles. The Morgan fingerprint density at radius 1 is 1.13 bits per heavy atom. The average Bonchev–Trinajstić information content (AvgIpc) is 3.33. The van der Waals surface area contributed by atoms with E-state index in [1.165, 1.54) is 17.2 Å². The first-order valence-corrected chi connectivity index (χ1v) is 9.32. The summed E-state index contributed by atoms with van der Waals surface area (Å²) >= 11 is 0. The zero-order valence-electron chi connectivity index (χ0n) is 16.5. The smallest absolute Gasteiger partial charge is 0.167 e. The van der Waals surface area contributed by atoms with Crippen molar-refractivity contribution in [2.75, 3.05) is 26.1 Å². The molecule has 160 valence electrons. The fraction of sp³-hybridized carbons (Fsp3) is 0.421. The number of nitrogens with zero attached hydrogens (tertiary/aromatic N) is 4. The molecule has 30 heavy (non-hydrogen) atoms. The van der Waals surface area contributed by atoms with Gasteiger partial charge in [-0.05, 0) is 12.1 Å². The number of anilines is 1. The second-order valence-corrected chi connectivity index (χ2v) is 6.81. The number of ether oxygens (including phenoxy) is 3. The Labute approximate surface area is 171 Å². The number of hydrogen-bond acceptors (Lipinski definition) is 10. The molecule has 4 N–H and O–H groups in total. The predicted octanol–water partition coefficient (Wildman–Crippen LogP) is 0.0671. The maximum Gasteiger partial charge on any atom is 0.167 e. The van der Waals surface area contributed by atoms with Gasteiger partial charge in [0.15, 0.2) is 23.2 Å². The second kappa shape index (κ2) is 8.40. The molecule has 1 aliphatic heterocycles. The Morgan fingerprint density at radius 2 is 1.97 bits per heavy atom. The molecule has 4 atom stereocenters. The Hall–Kier alpha value is -2.99.